The second-order valence-corrected chi connectivity index (χ2v) is 6.37. The van der Waals surface area contributed by atoms with Crippen molar-refractivity contribution in [3.8, 4) is 0 Å². The number of likely N-dealkylation sites (tertiary alicyclic amines) is 1. The lowest BCUT2D eigenvalue weighted by atomic mass is 10.2. The third kappa shape index (κ3) is 3.33. The van der Waals surface area contributed by atoms with Gasteiger partial charge in [0, 0.05) is 39.3 Å². The molecule has 22 heavy (non-hydrogen) atoms. The molecule has 120 valence electrons. The van der Waals surface area contributed by atoms with E-state index in [9.17, 15) is 4.79 Å². The standard InChI is InChI=1S/C15H22ClN5O/c1-12(14(22)20-4-2-3-5-20)19-6-8-21(9-7-19)15-17-10-13(16)11-18-15/h10-12H,2-9H2,1H3/t12-/m0/s1. The highest BCUT2D eigenvalue weighted by atomic mass is 35.5. The molecule has 0 saturated carbocycles. The summed E-state index contributed by atoms with van der Waals surface area (Å²) < 4.78 is 0. The SMILES string of the molecule is C[C@@H](C(=O)N1CCCC1)N1CCN(c2ncc(Cl)cn2)CC1. The summed E-state index contributed by atoms with van der Waals surface area (Å²) in [6.45, 7) is 7.23. The van der Waals surface area contributed by atoms with Gasteiger partial charge in [-0.05, 0) is 19.8 Å². The van der Waals surface area contributed by atoms with E-state index in [0.717, 1.165) is 52.1 Å². The Labute approximate surface area is 136 Å². The van der Waals surface area contributed by atoms with Gasteiger partial charge in [-0.15, -0.1) is 0 Å². The van der Waals surface area contributed by atoms with Crippen molar-refractivity contribution in [3.05, 3.63) is 17.4 Å². The molecule has 0 bridgehead atoms. The molecule has 1 aromatic heterocycles. The van der Waals surface area contributed by atoms with Crippen molar-refractivity contribution in [1.29, 1.82) is 0 Å². The maximum Gasteiger partial charge on any atom is 0.239 e. The topological polar surface area (TPSA) is 52.6 Å². The van der Waals surface area contributed by atoms with Gasteiger partial charge >= 0.3 is 0 Å². The molecule has 1 atom stereocenters. The monoisotopic (exact) mass is 323 g/mol. The Morgan fingerprint density at radius 3 is 2.27 bits per heavy atom. The Hall–Kier alpha value is -1.40. The lowest BCUT2D eigenvalue weighted by Crippen LogP contribution is -2.54. The molecular formula is C15H22ClN5O. The van der Waals surface area contributed by atoms with E-state index in [1.807, 2.05) is 11.8 Å². The quantitative estimate of drug-likeness (QED) is 0.838. The van der Waals surface area contributed by atoms with Crippen molar-refractivity contribution in [1.82, 2.24) is 19.8 Å². The van der Waals surface area contributed by atoms with Crippen LogP contribution in [-0.4, -0.2) is 71.0 Å². The number of nitrogens with zero attached hydrogens (tertiary/aromatic N) is 5. The highest BCUT2D eigenvalue weighted by Crippen LogP contribution is 2.16. The molecule has 2 aliphatic heterocycles. The van der Waals surface area contributed by atoms with Crippen molar-refractivity contribution in [2.45, 2.75) is 25.8 Å². The molecule has 0 aliphatic carbocycles. The van der Waals surface area contributed by atoms with E-state index in [0.29, 0.717) is 11.0 Å². The first-order valence-electron chi connectivity index (χ1n) is 7.90. The van der Waals surface area contributed by atoms with Crippen LogP contribution in [0.1, 0.15) is 19.8 Å². The zero-order valence-electron chi connectivity index (χ0n) is 12.9. The molecule has 0 spiro atoms. The number of halogens is 1. The van der Waals surface area contributed by atoms with E-state index in [-0.39, 0.29) is 11.9 Å². The van der Waals surface area contributed by atoms with Gasteiger partial charge < -0.3 is 9.80 Å². The van der Waals surface area contributed by atoms with E-state index in [2.05, 4.69) is 19.8 Å². The van der Waals surface area contributed by atoms with Crippen molar-refractivity contribution < 1.29 is 4.79 Å². The van der Waals surface area contributed by atoms with Crippen LogP contribution in [0.15, 0.2) is 12.4 Å². The molecule has 0 unspecified atom stereocenters. The highest BCUT2D eigenvalue weighted by molar-refractivity contribution is 6.30. The van der Waals surface area contributed by atoms with Crippen LogP contribution in [-0.2, 0) is 4.79 Å². The number of aromatic nitrogens is 2. The van der Waals surface area contributed by atoms with E-state index in [1.54, 1.807) is 12.4 Å². The summed E-state index contributed by atoms with van der Waals surface area (Å²) in [6.07, 6.45) is 5.52. The van der Waals surface area contributed by atoms with Crippen molar-refractivity contribution in [2.75, 3.05) is 44.2 Å². The lowest BCUT2D eigenvalue weighted by Gasteiger charge is -2.38. The second kappa shape index (κ2) is 6.79. The lowest BCUT2D eigenvalue weighted by molar-refractivity contribution is -0.135. The highest BCUT2D eigenvalue weighted by Gasteiger charge is 2.30. The molecule has 2 fully saturated rings. The zero-order chi connectivity index (χ0) is 15.5. The molecule has 6 nitrogen and oxygen atoms in total. The molecule has 0 N–H and O–H groups in total. The number of anilines is 1. The Morgan fingerprint density at radius 2 is 1.68 bits per heavy atom. The number of piperazine rings is 1. The van der Waals surface area contributed by atoms with Crippen molar-refractivity contribution >= 4 is 23.5 Å². The average Bonchev–Trinajstić information content (AvgIpc) is 3.09. The number of hydrogen-bond donors (Lipinski definition) is 0. The molecule has 2 aliphatic rings. The summed E-state index contributed by atoms with van der Waals surface area (Å²) in [5.74, 6) is 0.983. The van der Waals surface area contributed by atoms with Crippen LogP contribution in [0, 0.1) is 0 Å². The molecule has 3 rings (SSSR count). The van der Waals surface area contributed by atoms with E-state index < -0.39 is 0 Å². The van der Waals surface area contributed by atoms with Gasteiger partial charge in [0.1, 0.15) is 0 Å². The molecule has 0 radical (unpaired) electrons. The number of carbonyl (C=O) groups excluding carboxylic acids is 1. The number of amides is 1. The van der Waals surface area contributed by atoms with Crippen LogP contribution < -0.4 is 4.90 Å². The van der Waals surface area contributed by atoms with E-state index in [4.69, 9.17) is 11.6 Å². The normalized spacial score (nSPS) is 21.2. The predicted octanol–water partition coefficient (Wildman–Crippen LogP) is 1.26. The third-order valence-corrected chi connectivity index (χ3v) is 4.72. The van der Waals surface area contributed by atoms with Crippen molar-refractivity contribution in [3.63, 3.8) is 0 Å². The Kier molecular flexibility index (Phi) is 4.78. The largest absolute Gasteiger partial charge is 0.341 e. The Bertz CT molecular complexity index is 509. The molecule has 2 saturated heterocycles. The summed E-state index contributed by atoms with van der Waals surface area (Å²) in [7, 11) is 0. The average molecular weight is 324 g/mol. The smallest absolute Gasteiger partial charge is 0.239 e. The summed E-state index contributed by atoms with van der Waals surface area (Å²) in [6, 6.07) is -0.0358. The van der Waals surface area contributed by atoms with E-state index >= 15 is 0 Å². The molecule has 1 aromatic rings. The van der Waals surface area contributed by atoms with Crippen LogP contribution in [0.2, 0.25) is 5.02 Å². The molecule has 1 amide bonds. The van der Waals surface area contributed by atoms with Crippen LogP contribution in [0.25, 0.3) is 0 Å². The minimum absolute atomic E-state index is 0.0358. The van der Waals surface area contributed by atoms with Gasteiger partial charge in [-0.3, -0.25) is 9.69 Å². The summed E-state index contributed by atoms with van der Waals surface area (Å²) in [5.41, 5.74) is 0. The maximum absolute atomic E-state index is 12.5. The Morgan fingerprint density at radius 1 is 1.09 bits per heavy atom. The maximum atomic E-state index is 12.5. The first-order valence-corrected chi connectivity index (χ1v) is 8.28. The fraction of sp³-hybridized carbons (Fsp3) is 0.667. The zero-order valence-corrected chi connectivity index (χ0v) is 13.7. The van der Waals surface area contributed by atoms with Crippen LogP contribution in [0.3, 0.4) is 0 Å². The van der Waals surface area contributed by atoms with Crippen LogP contribution >= 0.6 is 11.6 Å². The number of carbonyl (C=O) groups is 1. The van der Waals surface area contributed by atoms with Crippen molar-refractivity contribution in [2.24, 2.45) is 0 Å². The fourth-order valence-corrected chi connectivity index (χ4v) is 3.23. The van der Waals surface area contributed by atoms with Gasteiger partial charge in [0.05, 0.1) is 23.5 Å². The summed E-state index contributed by atoms with van der Waals surface area (Å²) >= 11 is 5.82. The van der Waals surface area contributed by atoms with Gasteiger partial charge in [0.25, 0.3) is 0 Å². The minimum atomic E-state index is -0.0358. The van der Waals surface area contributed by atoms with Gasteiger partial charge in [-0.25, -0.2) is 9.97 Å². The first-order chi connectivity index (χ1) is 10.6. The number of hydrogen-bond acceptors (Lipinski definition) is 5. The molecular weight excluding hydrogens is 302 g/mol. The van der Waals surface area contributed by atoms with Gasteiger partial charge in [0.2, 0.25) is 11.9 Å². The fourth-order valence-electron chi connectivity index (χ4n) is 3.14. The molecule has 3 heterocycles. The number of rotatable bonds is 3. The van der Waals surface area contributed by atoms with Gasteiger partial charge in [-0.1, -0.05) is 11.6 Å². The third-order valence-electron chi connectivity index (χ3n) is 4.53. The van der Waals surface area contributed by atoms with Gasteiger partial charge in [-0.2, -0.15) is 0 Å². The van der Waals surface area contributed by atoms with Crippen LogP contribution in [0.4, 0.5) is 5.95 Å². The predicted molar refractivity (Wildman–Crippen MR) is 86.1 cm³/mol. The summed E-state index contributed by atoms with van der Waals surface area (Å²) in [4.78, 5) is 27.4. The molecule has 7 heteroatoms. The van der Waals surface area contributed by atoms with E-state index in [1.165, 1.54) is 0 Å². The van der Waals surface area contributed by atoms with Crippen LogP contribution in [0.5, 0.6) is 0 Å². The second-order valence-electron chi connectivity index (χ2n) is 5.93. The Balaban J connectivity index is 1.54. The first kappa shape index (κ1) is 15.5. The molecule has 0 aromatic carbocycles. The summed E-state index contributed by atoms with van der Waals surface area (Å²) in [5, 5.41) is 0.548. The minimum Gasteiger partial charge on any atom is -0.341 e. The van der Waals surface area contributed by atoms with Gasteiger partial charge in [0.15, 0.2) is 0 Å².